The summed E-state index contributed by atoms with van der Waals surface area (Å²) in [5.41, 5.74) is 9.49. The van der Waals surface area contributed by atoms with Gasteiger partial charge >= 0.3 is 0 Å². The molecule has 1 fully saturated rings. The molecule has 4 heterocycles. The van der Waals surface area contributed by atoms with Gasteiger partial charge in [0.05, 0.1) is 18.2 Å². The molecule has 124 valence electrons. The van der Waals surface area contributed by atoms with Crippen molar-refractivity contribution in [3.63, 3.8) is 0 Å². The van der Waals surface area contributed by atoms with E-state index in [1.54, 1.807) is 23.0 Å². The van der Waals surface area contributed by atoms with E-state index in [9.17, 15) is 0 Å². The van der Waals surface area contributed by atoms with Gasteiger partial charge in [-0.05, 0) is 25.5 Å². The normalized spacial score (nSPS) is 18.6. The molecular weight excluding hydrogens is 308 g/mol. The Bertz CT molecular complexity index is 891. The molecule has 0 amide bonds. The van der Waals surface area contributed by atoms with E-state index in [-0.39, 0.29) is 0 Å². The number of nitrogen functional groups attached to an aromatic ring is 1. The highest BCUT2D eigenvalue weighted by molar-refractivity contribution is 5.83. The minimum absolute atomic E-state index is 0.357. The topological polar surface area (TPSA) is 114 Å². The molecule has 0 aromatic carbocycles. The highest BCUT2D eigenvalue weighted by Gasteiger charge is 2.20. The molecule has 3 aromatic rings. The van der Waals surface area contributed by atoms with Gasteiger partial charge in [0.25, 0.3) is 0 Å². The summed E-state index contributed by atoms with van der Waals surface area (Å²) in [5.74, 6) is 1.37. The third-order valence-electron chi connectivity index (χ3n) is 4.35. The second-order valence-electron chi connectivity index (χ2n) is 5.93. The van der Waals surface area contributed by atoms with Gasteiger partial charge in [-0.3, -0.25) is 0 Å². The number of oxime groups is 1. The Morgan fingerprint density at radius 1 is 1.46 bits per heavy atom. The van der Waals surface area contributed by atoms with E-state index in [0.29, 0.717) is 23.1 Å². The summed E-state index contributed by atoms with van der Waals surface area (Å²) < 4.78 is 6.97. The van der Waals surface area contributed by atoms with Gasteiger partial charge in [-0.1, -0.05) is 5.16 Å². The van der Waals surface area contributed by atoms with Crippen LogP contribution < -0.4 is 11.1 Å². The fraction of sp³-hybridized carbons (Fsp3) is 0.312. The van der Waals surface area contributed by atoms with Gasteiger partial charge in [-0.25, -0.2) is 4.98 Å². The van der Waals surface area contributed by atoms with E-state index in [4.69, 9.17) is 20.3 Å². The average Bonchev–Trinajstić information content (AvgIpc) is 3.23. The van der Waals surface area contributed by atoms with Gasteiger partial charge in [-0.2, -0.15) is 9.61 Å². The summed E-state index contributed by atoms with van der Waals surface area (Å²) >= 11 is 0. The molecule has 1 saturated heterocycles. The van der Waals surface area contributed by atoms with Crippen LogP contribution in [0.15, 0.2) is 34.2 Å². The van der Waals surface area contributed by atoms with Gasteiger partial charge in [0.15, 0.2) is 5.65 Å². The molecule has 0 spiro atoms. The SMILES string of the molecule is Nc1cc(C2CCCNC2)nc2c(-c3coc(C=NO)c3)cnn12. The van der Waals surface area contributed by atoms with Crippen LogP contribution in [0.4, 0.5) is 5.82 Å². The lowest BCUT2D eigenvalue weighted by Gasteiger charge is -2.22. The first-order chi connectivity index (χ1) is 11.8. The van der Waals surface area contributed by atoms with Crippen LogP contribution in [-0.2, 0) is 0 Å². The maximum absolute atomic E-state index is 8.61. The molecule has 4 N–H and O–H groups in total. The highest BCUT2D eigenvalue weighted by atomic mass is 16.4. The molecule has 0 radical (unpaired) electrons. The van der Waals surface area contributed by atoms with Crippen molar-refractivity contribution in [3.8, 4) is 11.1 Å². The molecule has 1 aliphatic heterocycles. The minimum atomic E-state index is 0.357. The first kappa shape index (κ1) is 14.7. The van der Waals surface area contributed by atoms with Crippen LogP contribution in [0.25, 0.3) is 16.8 Å². The van der Waals surface area contributed by atoms with Gasteiger partial charge < -0.3 is 20.7 Å². The smallest absolute Gasteiger partial charge is 0.165 e. The summed E-state index contributed by atoms with van der Waals surface area (Å²) in [6.45, 7) is 1.96. The van der Waals surface area contributed by atoms with E-state index < -0.39 is 0 Å². The lowest BCUT2D eigenvalue weighted by atomic mass is 9.96. The molecule has 8 nitrogen and oxygen atoms in total. The Balaban J connectivity index is 1.79. The summed E-state index contributed by atoms with van der Waals surface area (Å²) in [6, 6.07) is 3.67. The van der Waals surface area contributed by atoms with E-state index in [0.717, 1.165) is 42.8 Å². The van der Waals surface area contributed by atoms with Crippen LogP contribution in [0.3, 0.4) is 0 Å². The summed E-state index contributed by atoms with van der Waals surface area (Å²) in [6.07, 6.45) is 6.76. The number of piperidine rings is 1. The fourth-order valence-corrected chi connectivity index (χ4v) is 3.14. The summed E-state index contributed by atoms with van der Waals surface area (Å²) in [4.78, 5) is 4.81. The van der Waals surface area contributed by atoms with Gasteiger partial charge in [0.2, 0.25) is 0 Å². The maximum atomic E-state index is 8.61. The quantitative estimate of drug-likeness (QED) is 0.384. The standard InChI is InChI=1S/C16H18N6O2/c17-15-5-14(10-2-1-3-18-6-10)21-16-13(8-19-22(15)16)11-4-12(7-20-23)24-9-11/h4-5,7-10,18,23H,1-3,6,17H2. The third-order valence-corrected chi connectivity index (χ3v) is 4.35. The van der Waals surface area contributed by atoms with Crippen molar-refractivity contribution in [2.45, 2.75) is 18.8 Å². The van der Waals surface area contributed by atoms with Gasteiger partial charge in [0, 0.05) is 29.7 Å². The molecule has 4 rings (SSSR count). The molecule has 24 heavy (non-hydrogen) atoms. The van der Waals surface area contributed by atoms with Crippen molar-refractivity contribution in [3.05, 3.63) is 36.0 Å². The monoisotopic (exact) mass is 326 g/mol. The van der Waals surface area contributed by atoms with Crippen LogP contribution in [0.1, 0.15) is 30.2 Å². The van der Waals surface area contributed by atoms with E-state index in [1.807, 2.05) is 6.07 Å². The van der Waals surface area contributed by atoms with Crippen LogP contribution >= 0.6 is 0 Å². The molecule has 1 unspecified atom stereocenters. The van der Waals surface area contributed by atoms with Crippen LogP contribution in [0.5, 0.6) is 0 Å². The largest absolute Gasteiger partial charge is 0.463 e. The second kappa shape index (κ2) is 5.97. The van der Waals surface area contributed by atoms with Crippen LogP contribution in [-0.4, -0.2) is 39.1 Å². The Kier molecular flexibility index (Phi) is 3.66. The predicted molar refractivity (Wildman–Crippen MR) is 89.3 cm³/mol. The molecule has 3 aromatic heterocycles. The van der Waals surface area contributed by atoms with Crippen molar-refractivity contribution in [1.29, 1.82) is 0 Å². The molecule has 8 heteroatoms. The zero-order valence-corrected chi connectivity index (χ0v) is 13.0. The highest BCUT2D eigenvalue weighted by Crippen LogP contribution is 2.29. The average molecular weight is 326 g/mol. The van der Waals surface area contributed by atoms with Crippen LogP contribution in [0, 0.1) is 0 Å². The Labute approximate surface area is 138 Å². The molecule has 0 saturated carbocycles. The number of fused-ring (bicyclic) bond motifs is 1. The molecule has 0 bridgehead atoms. The zero-order valence-electron chi connectivity index (χ0n) is 13.0. The van der Waals surface area contributed by atoms with Crippen molar-refractivity contribution < 1.29 is 9.62 Å². The first-order valence-electron chi connectivity index (χ1n) is 7.87. The molecular formula is C16H18N6O2. The number of nitrogens with one attached hydrogen (secondary N) is 1. The first-order valence-corrected chi connectivity index (χ1v) is 7.87. The van der Waals surface area contributed by atoms with Crippen molar-refractivity contribution in [2.24, 2.45) is 5.16 Å². The predicted octanol–water partition coefficient (Wildman–Crippen LogP) is 1.85. The van der Waals surface area contributed by atoms with Crippen molar-refractivity contribution in [1.82, 2.24) is 19.9 Å². The van der Waals surface area contributed by atoms with Crippen molar-refractivity contribution in [2.75, 3.05) is 18.8 Å². The minimum Gasteiger partial charge on any atom is -0.463 e. The molecule has 1 atom stereocenters. The Morgan fingerprint density at radius 2 is 2.38 bits per heavy atom. The number of furan rings is 1. The van der Waals surface area contributed by atoms with Crippen LogP contribution in [0.2, 0.25) is 0 Å². The lowest BCUT2D eigenvalue weighted by molar-refractivity contribution is 0.320. The summed E-state index contributed by atoms with van der Waals surface area (Å²) in [5, 5.41) is 19.3. The lowest BCUT2D eigenvalue weighted by Crippen LogP contribution is -2.29. The van der Waals surface area contributed by atoms with E-state index >= 15 is 0 Å². The van der Waals surface area contributed by atoms with Gasteiger partial charge in [-0.15, -0.1) is 0 Å². The fourth-order valence-electron chi connectivity index (χ4n) is 3.14. The number of hydrogen-bond acceptors (Lipinski definition) is 7. The number of anilines is 1. The van der Waals surface area contributed by atoms with Gasteiger partial charge in [0.1, 0.15) is 17.8 Å². The number of aromatic nitrogens is 3. The van der Waals surface area contributed by atoms with E-state index in [2.05, 4.69) is 15.6 Å². The Morgan fingerprint density at radius 3 is 3.17 bits per heavy atom. The Hall–Kier alpha value is -2.87. The molecule has 1 aliphatic rings. The van der Waals surface area contributed by atoms with Crippen molar-refractivity contribution >= 4 is 17.7 Å². The number of nitrogens with zero attached hydrogens (tertiary/aromatic N) is 4. The summed E-state index contributed by atoms with van der Waals surface area (Å²) in [7, 11) is 0. The molecule has 0 aliphatic carbocycles. The van der Waals surface area contributed by atoms with E-state index in [1.165, 1.54) is 6.21 Å². The number of nitrogens with two attached hydrogens (primary N) is 1. The maximum Gasteiger partial charge on any atom is 0.165 e. The second-order valence-corrected chi connectivity index (χ2v) is 5.93. The number of hydrogen-bond donors (Lipinski definition) is 3. The zero-order chi connectivity index (χ0) is 16.5. The number of rotatable bonds is 3. The third kappa shape index (κ3) is 2.50.